The molecule has 146 valence electrons. The van der Waals surface area contributed by atoms with Crippen LogP contribution in [0.3, 0.4) is 0 Å². The topological polar surface area (TPSA) is 72.5 Å². The molecule has 0 radical (unpaired) electrons. The molecule has 1 aromatic heterocycles. The number of ether oxygens (including phenoxy) is 1. The number of halogens is 1. The van der Waals surface area contributed by atoms with Gasteiger partial charge in [-0.05, 0) is 53.9 Å². The SMILES string of the molecule is COc1ccc(S(=O)(=O)[C@@H](CNC(=O)c2cccc(F)c2)c2cccs2)cc1. The molecule has 0 bridgehead atoms. The number of carbonyl (C=O) groups is 1. The molecular weight excluding hydrogens is 401 g/mol. The maximum absolute atomic E-state index is 13.3. The summed E-state index contributed by atoms with van der Waals surface area (Å²) in [5.74, 6) is -0.523. The Morgan fingerprint density at radius 3 is 2.50 bits per heavy atom. The zero-order valence-electron chi connectivity index (χ0n) is 15.0. The second-order valence-corrected chi connectivity index (χ2v) is 9.05. The van der Waals surface area contributed by atoms with Crippen LogP contribution in [0.25, 0.3) is 0 Å². The first-order valence-corrected chi connectivity index (χ1v) is 10.8. The van der Waals surface area contributed by atoms with Crippen LogP contribution in [0.15, 0.2) is 70.9 Å². The lowest BCUT2D eigenvalue weighted by molar-refractivity contribution is 0.0953. The van der Waals surface area contributed by atoms with E-state index in [-0.39, 0.29) is 17.0 Å². The standard InChI is InChI=1S/C20H18FNO4S2/c1-26-16-7-9-17(10-8-16)28(24,25)19(18-6-3-11-27-18)13-22-20(23)14-4-2-5-15(21)12-14/h2-12,19H,13H2,1H3,(H,22,23)/t19-/m0/s1. The normalized spacial score (nSPS) is 12.4. The number of hydrogen-bond acceptors (Lipinski definition) is 5. The molecule has 0 aliphatic carbocycles. The minimum absolute atomic E-state index is 0.131. The number of rotatable bonds is 7. The van der Waals surface area contributed by atoms with Crippen LogP contribution < -0.4 is 10.1 Å². The molecule has 3 rings (SSSR count). The van der Waals surface area contributed by atoms with Gasteiger partial charge in [-0.2, -0.15) is 0 Å². The highest BCUT2D eigenvalue weighted by atomic mass is 32.2. The lowest BCUT2D eigenvalue weighted by Crippen LogP contribution is -2.31. The predicted octanol–water partition coefficient (Wildman–Crippen LogP) is 3.84. The molecule has 0 aliphatic rings. The van der Waals surface area contributed by atoms with Crippen molar-refractivity contribution in [3.63, 3.8) is 0 Å². The molecule has 0 spiro atoms. The zero-order chi connectivity index (χ0) is 20.1. The minimum atomic E-state index is -3.77. The highest BCUT2D eigenvalue weighted by Crippen LogP contribution is 2.32. The molecule has 5 nitrogen and oxygen atoms in total. The molecule has 8 heteroatoms. The van der Waals surface area contributed by atoms with Crippen molar-refractivity contribution >= 4 is 27.1 Å². The fourth-order valence-electron chi connectivity index (χ4n) is 2.68. The van der Waals surface area contributed by atoms with E-state index in [1.165, 1.54) is 48.8 Å². The largest absolute Gasteiger partial charge is 0.497 e. The van der Waals surface area contributed by atoms with E-state index in [1.54, 1.807) is 29.6 Å². The van der Waals surface area contributed by atoms with Gasteiger partial charge in [-0.25, -0.2) is 12.8 Å². The smallest absolute Gasteiger partial charge is 0.251 e. The second kappa shape index (κ2) is 8.53. The number of amides is 1. The van der Waals surface area contributed by atoms with Crippen molar-refractivity contribution in [2.75, 3.05) is 13.7 Å². The summed E-state index contributed by atoms with van der Waals surface area (Å²) in [6, 6.07) is 14.8. The second-order valence-electron chi connectivity index (χ2n) is 5.94. The van der Waals surface area contributed by atoms with Crippen LogP contribution in [0.4, 0.5) is 4.39 Å². The van der Waals surface area contributed by atoms with Crippen LogP contribution in [-0.4, -0.2) is 28.0 Å². The molecule has 1 atom stereocenters. The molecule has 28 heavy (non-hydrogen) atoms. The van der Waals surface area contributed by atoms with Gasteiger partial charge in [0.05, 0.1) is 12.0 Å². The Balaban J connectivity index is 1.86. The summed E-state index contributed by atoms with van der Waals surface area (Å²) in [7, 11) is -2.27. The third-order valence-electron chi connectivity index (χ3n) is 4.16. The van der Waals surface area contributed by atoms with E-state index in [2.05, 4.69) is 5.32 Å². The molecule has 1 heterocycles. The quantitative estimate of drug-likeness (QED) is 0.632. The Morgan fingerprint density at radius 2 is 1.89 bits per heavy atom. The molecular formula is C20H18FNO4S2. The molecule has 0 saturated carbocycles. The maximum atomic E-state index is 13.3. The van der Waals surface area contributed by atoms with Gasteiger partial charge in [0.25, 0.3) is 5.91 Å². The van der Waals surface area contributed by atoms with E-state index >= 15 is 0 Å². The first kappa shape index (κ1) is 20.0. The van der Waals surface area contributed by atoms with Gasteiger partial charge < -0.3 is 10.1 Å². The van der Waals surface area contributed by atoms with Gasteiger partial charge in [-0.3, -0.25) is 4.79 Å². The summed E-state index contributed by atoms with van der Waals surface area (Å²) in [5.41, 5.74) is 0.131. The number of methoxy groups -OCH3 is 1. The van der Waals surface area contributed by atoms with Crippen molar-refractivity contribution in [3.05, 3.63) is 82.3 Å². The van der Waals surface area contributed by atoms with E-state index in [0.717, 1.165) is 6.07 Å². The average molecular weight is 419 g/mol. The number of sulfone groups is 1. The van der Waals surface area contributed by atoms with Crippen molar-refractivity contribution in [1.82, 2.24) is 5.32 Å². The van der Waals surface area contributed by atoms with Gasteiger partial charge in [0.15, 0.2) is 9.84 Å². The van der Waals surface area contributed by atoms with Crippen LogP contribution in [0.2, 0.25) is 0 Å². The highest BCUT2D eigenvalue weighted by molar-refractivity contribution is 7.91. The molecule has 0 unspecified atom stereocenters. The third kappa shape index (κ3) is 4.40. The number of hydrogen-bond donors (Lipinski definition) is 1. The number of thiophene rings is 1. The number of nitrogens with one attached hydrogen (secondary N) is 1. The van der Waals surface area contributed by atoms with Crippen molar-refractivity contribution in [1.29, 1.82) is 0 Å². The van der Waals surface area contributed by atoms with Crippen LogP contribution in [0.1, 0.15) is 20.5 Å². The zero-order valence-corrected chi connectivity index (χ0v) is 16.6. The van der Waals surface area contributed by atoms with Crippen molar-refractivity contribution in [2.45, 2.75) is 10.1 Å². The molecule has 0 saturated heterocycles. The first-order chi connectivity index (χ1) is 13.4. The maximum Gasteiger partial charge on any atom is 0.251 e. The molecule has 3 aromatic rings. The lowest BCUT2D eigenvalue weighted by atomic mass is 10.2. The Kier molecular flexibility index (Phi) is 6.11. The van der Waals surface area contributed by atoms with Gasteiger partial charge in [-0.15, -0.1) is 11.3 Å². The summed E-state index contributed by atoms with van der Waals surface area (Å²) < 4.78 is 44.8. The molecule has 1 N–H and O–H groups in total. The predicted molar refractivity (Wildman–Crippen MR) is 106 cm³/mol. The van der Waals surface area contributed by atoms with Crippen LogP contribution in [0, 0.1) is 5.82 Å². The fourth-order valence-corrected chi connectivity index (χ4v) is 5.47. The summed E-state index contributed by atoms with van der Waals surface area (Å²) in [5, 5.41) is 3.43. The van der Waals surface area contributed by atoms with Gasteiger partial charge in [0.1, 0.15) is 16.8 Å². The third-order valence-corrected chi connectivity index (χ3v) is 7.39. The van der Waals surface area contributed by atoms with E-state index in [0.29, 0.717) is 10.6 Å². The highest BCUT2D eigenvalue weighted by Gasteiger charge is 2.30. The van der Waals surface area contributed by atoms with Gasteiger partial charge in [0.2, 0.25) is 0 Å². The van der Waals surface area contributed by atoms with Crippen molar-refractivity contribution in [2.24, 2.45) is 0 Å². The Morgan fingerprint density at radius 1 is 1.14 bits per heavy atom. The molecule has 0 aliphatic heterocycles. The summed E-state index contributed by atoms with van der Waals surface area (Å²) in [6.45, 7) is -0.135. The minimum Gasteiger partial charge on any atom is -0.497 e. The van der Waals surface area contributed by atoms with E-state index in [4.69, 9.17) is 4.74 Å². The van der Waals surface area contributed by atoms with Crippen LogP contribution in [0.5, 0.6) is 5.75 Å². The summed E-state index contributed by atoms with van der Waals surface area (Å²) >= 11 is 1.29. The monoisotopic (exact) mass is 419 g/mol. The summed E-state index contributed by atoms with van der Waals surface area (Å²) in [6.07, 6.45) is 0. The molecule has 0 fully saturated rings. The van der Waals surface area contributed by atoms with Crippen molar-refractivity contribution in [3.8, 4) is 5.75 Å². The van der Waals surface area contributed by atoms with Gasteiger partial charge in [0, 0.05) is 17.0 Å². The summed E-state index contributed by atoms with van der Waals surface area (Å²) in [4.78, 5) is 13.1. The first-order valence-electron chi connectivity index (χ1n) is 8.37. The Labute approximate surface area is 166 Å². The molecule has 1 amide bonds. The van der Waals surface area contributed by atoms with Crippen LogP contribution in [-0.2, 0) is 9.84 Å². The number of carbonyl (C=O) groups excluding carboxylic acids is 1. The number of benzene rings is 2. The molecule has 2 aromatic carbocycles. The van der Waals surface area contributed by atoms with E-state index < -0.39 is 26.8 Å². The fraction of sp³-hybridized carbons (Fsp3) is 0.150. The van der Waals surface area contributed by atoms with E-state index in [9.17, 15) is 17.6 Å². The Bertz CT molecular complexity index is 1050. The average Bonchev–Trinajstić information content (AvgIpc) is 3.22. The van der Waals surface area contributed by atoms with Crippen molar-refractivity contribution < 1.29 is 22.3 Å². The van der Waals surface area contributed by atoms with Crippen LogP contribution >= 0.6 is 11.3 Å². The van der Waals surface area contributed by atoms with Gasteiger partial charge >= 0.3 is 0 Å². The lowest BCUT2D eigenvalue weighted by Gasteiger charge is -2.18. The van der Waals surface area contributed by atoms with E-state index in [1.807, 2.05) is 0 Å². The Hall–Kier alpha value is -2.71. The van der Waals surface area contributed by atoms with Gasteiger partial charge in [-0.1, -0.05) is 12.1 Å².